The number of ether oxygens (including phenoxy) is 1. The van der Waals surface area contributed by atoms with Gasteiger partial charge in [0.2, 0.25) is 0 Å². The van der Waals surface area contributed by atoms with E-state index in [-0.39, 0.29) is 29.2 Å². The van der Waals surface area contributed by atoms with Crippen LogP contribution in [0.1, 0.15) is 17.5 Å². The number of phenols is 1. The van der Waals surface area contributed by atoms with Gasteiger partial charge in [-0.2, -0.15) is 0 Å². The molecule has 0 spiro atoms. The van der Waals surface area contributed by atoms with Crippen LogP contribution >= 0.6 is 0 Å². The predicted octanol–water partition coefficient (Wildman–Crippen LogP) is 3.63. The maximum atomic E-state index is 12.1. The molecule has 0 aliphatic carbocycles. The van der Waals surface area contributed by atoms with Crippen molar-refractivity contribution in [1.29, 1.82) is 0 Å². The molecule has 2 rings (SSSR count). The van der Waals surface area contributed by atoms with Crippen LogP contribution in [0.5, 0.6) is 11.5 Å². The Balaban J connectivity index is 2.05. The van der Waals surface area contributed by atoms with Gasteiger partial charge in [-0.25, -0.2) is 0 Å². The lowest BCUT2D eigenvalue weighted by Gasteiger charge is -2.12. The van der Waals surface area contributed by atoms with E-state index in [0.29, 0.717) is 11.3 Å². The Morgan fingerprint density at radius 2 is 1.77 bits per heavy atom. The first-order chi connectivity index (χ1) is 14.2. The van der Waals surface area contributed by atoms with Gasteiger partial charge < -0.3 is 14.7 Å². The smallest absolute Gasteiger partial charge is 0.278 e. The quantitative estimate of drug-likeness (QED) is 0.291. The second-order valence-electron chi connectivity index (χ2n) is 6.60. The zero-order valence-corrected chi connectivity index (χ0v) is 16.9. The fraction of sp³-hybridized carbons (Fsp3) is 0.182. The van der Waals surface area contributed by atoms with E-state index >= 15 is 0 Å². The van der Waals surface area contributed by atoms with Crippen molar-refractivity contribution in [3.8, 4) is 11.5 Å². The number of hydrogen-bond acceptors (Lipinski definition) is 7. The number of anilines is 1. The summed E-state index contributed by atoms with van der Waals surface area (Å²) >= 11 is 0. The van der Waals surface area contributed by atoms with Crippen molar-refractivity contribution in [2.24, 2.45) is 0 Å². The van der Waals surface area contributed by atoms with E-state index in [1.54, 1.807) is 43.3 Å². The summed E-state index contributed by atoms with van der Waals surface area (Å²) in [5.74, 6) is -0.646. The number of nitrogens with zero attached hydrogens (tertiary/aromatic N) is 2. The minimum atomic E-state index is -0.517. The van der Waals surface area contributed by atoms with Gasteiger partial charge in [0.15, 0.2) is 23.1 Å². The Hall–Kier alpha value is -3.94. The monoisotopic (exact) mass is 410 g/mol. The van der Waals surface area contributed by atoms with Crippen LogP contribution in [-0.2, 0) is 9.59 Å². The van der Waals surface area contributed by atoms with E-state index in [4.69, 9.17) is 4.74 Å². The number of rotatable bonds is 9. The van der Waals surface area contributed by atoms with Gasteiger partial charge in [0.1, 0.15) is 0 Å². The summed E-state index contributed by atoms with van der Waals surface area (Å²) in [7, 11) is 4.95. The summed E-state index contributed by atoms with van der Waals surface area (Å²) in [5.41, 5.74) is 1.44. The molecule has 30 heavy (non-hydrogen) atoms. The van der Waals surface area contributed by atoms with Crippen LogP contribution in [0.2, 0.25) is 0 Å². The van der Waals surface area contributed by atoms with Crippen LogP contribution in [0.4, 0.5) is 11.4 Å². The zero-order valence-electron chi connectivity index (χ0n) is 16.9. The summed E-state index contributed by atoms with van der Waals surface area (Å²) in [4.78, 5) is 36.6. The minimum absolute atomic E-state index is 0.0194. The Morgan fingerprint density at radius 3 is 2.37 bits per heavy atom. The Bertz CT molecular complexity index is 1020. The van der Waals surface area contributed by atoms with Crippen molar-refractivity contribution < 1.29 is 24.4 Å². The van der Waals surface area contributed by atoms with Crippen LogP contribution < -0.4 is 9.64 Å². The Morgan fingerprint density at radius 1 is 1.10 bits per heavy atom. The molecule has 0 fully saturated rings. The molecule has 0 radical (unpaired) electrons. The number of benzene rings is 2. The average molecular weight is 410 g/mol. The van der Waals surface area contributed by atoms with E-state index < -0.39 is 16.5 Å². The Labute approximate surface area is 173 Å². The molecule has 0 unspecified atom stereocenters. The Kier molecular flexibility index (Phi) is 7.46. The molecule has 0 saturated heterocycles. The molecule has 0 heterocycles. The maximum absolute atomic E-state index is 12.1. The second-order valence-corrected chi connectivity index (χ2v) is 6.60. The standard InChI is InChI=1S/C22H22N2O6/c1-23(2)17-8-6-16(20(13-17)24(28)29)7-10-19(26)14-18(25)9-4-15-5-11-21(27)22(12-15)30-3/h4-13,27H,14H2,1-3H3. The summed E-state index contributed by atoms with van der Waals surface area (Å²) in [6.07, 6.45) is 4.89. The van der Waals surface area contributed by atoms with Gasteiger partial charge >= 0.3 is 0 Å². The number of methoxy groups -OCH3 is 1. The van der Waals surface area contributed by atoms with Crippen LogP contribution in [0, 0.1) is 10.1 Å². The first-order valence-electron chi connectivity index (χ1n) is 8.96. The molecule has 156 valence electrons. The molecule has 0 atom stereocenters. The van der Waals surface area contributed by atoms with Crippen molar-refractivity contribution in [3.63, 3.8) is 0 Å². The number of carbonyl (C=O) groups excluding carboxylic acids is 2. The minimum Gasteiger partial charge on any atom is -0.504 e. The van der Waals surface area contributed by atoms with Crippen molar-refractivity contribution in [3.05, 3.63) is 69.8 Å². The third-order valence-electron chi connectivity index (χ3n) is 4.19. The third-order valence-corrected chi connectivity index (χ3v) is 4.19. The van der Waals surface area contributed by atoms with E-state index in [1.807, 2.05) is 0 Å². The third kappa shape index (κ3) is 6.03. The molecule has 8 heteroatoms. The lowest BCUT2D eigenvalue weighted by Crippen LogP contribution is -2.09. The van der Waals surface area contributed by atoms with Gasteiger partial charge in [-0.3, -0.25) is 19.7 Å². The molecular weight excluding hydrogens is 388 g/mol. The number of allylic oxidation sites excluding steroid dienone is 2. The molecule has 0 saturated carbocycles. The number of ketones is 2. The van der Waals surface area contributed by atoms with Crippen molar-refractivity contribution in [2.75, 3.05) is 26.1 Å². The summed E-state index contributed by atoms with van der Waals surface area (Å²) in [6, 6.07) is 9.26. The maximum Gasteiger partial charge on any atom is 0.278 e. The van der Waals surface area contributed by atoms with Gasteiger partial charge in [0.05, 0.1) is 24.0 Å². The molecule has 2 aromatic rings. The second kappa shape index (κ2) is 10.0. The number of carbonyl (C=O) groups is 2. The SMILES string of the molecule is COc1cc(C=CC(=O)CC(=O)C=Cc2ccc(N(C)C)cc2[N+](=O)[O-])ccc1O. The number of phenolic OH excluding ortho intramolecular Hbond substituents is 1. The highest BCUT2D eigenvalue weighted by Crippen LogP contribution is 2.27. The van der Waals surface area contributed by atoms with E-state index in [2.05, 4.69) is 0 Å². The van der Waals surface area contributed by atoms with E-state index in [9.17, 15) is 24.8 Å². The van der Waals surface area contributed by atoms with Crippen molar-refractivity contribution >= 4 is 35.1 Å². The van der Waals surface area contributed by atoms with Gasteiger partial charge in [-0.15, -0.1) is 0 Å². The highest BCUT2D eigenvalue weighted by Gasteiger charge is 2.14. The number of aromatic hydroxyl groups is 1. The molecule has 0 bridgehead atoms. The molecule has 2 aromatic carbocycles. The largest absolute Gasteiger partial charge is 0.504 e. The first-order valence-corrected chi connectivity index (χ1v) is 8.96. The highest BCUT2D eigenvalue weighted by atomic mass is 16.6. The normalized spacial score (nSPS) is 11.0. The topological polar surface area (TPSA) is 110 Å². The molecule has 0 aliphatic rings. The zero-order chi connectivity index (χ0) is 22.3. The van der Waals surface area contributed by atoms with Crippen molar-refractivity contribution in [2.45, 2.75) is 6.42 Å². The number of nitro groups is 1. The van der Waals surface area contributed by atoms with E-state index in [1.165, 1.54) is 37.5 Å². The number of hydrogen-bond donors (Lipinski definition) is 1. The average Bonchev–Trinajstić information content (AvgIpc) is 2.71. The molecule has 1 N–H and O–H groups in total. The molecule has 0 aromatic heterocycles. The van der Waals surface area contributed by atoms with Crippen molar-refractivity contribution in [1.82, 2.24) is 0 Å². The van der Waals surface area contributed by atoms with Gasteiger partial charge in [0, 0.05) is 25.8 Å². The van der Waals surface area contributed by atoms with Crippen LogP contribution in [0.15, 0.2) is 48.6 Å². The molecule has 8 nitrogen and oxygen atoms in total. The highest BCUT2D eigenvalue weighted by molar-refractivity contribution is 6.11. The summed E-state index contributed by atoms with van der Waals surface area (Å²) in [6.45, 7) is 0. The summed E-state index contributed by atoms with van der Waals surface area (Å²) in [5, 5.41) is 20.9. The van der Waals surface area contributed by atoms with Gasteiger partial charge in [-0.05, 0) is 48.1 Å². The van der Waals surface area contributed by atoms with Crippen LogP contribution in [0.3, 0.4) is 0 Å². The molecule has 0 aliphatic heterocycles. The van der Waals surface area contributed by atoms with Crippen LogP contribution in [-0.4, -0.2) is 42.8 Å². The fourth-order valence-corrected chi connectivity index (χ4v) is 2.57. The van der Waals surface area contributed by atoms with Crippen LogP contribution in [0.25, 0.3) is 12.2 Å². The predicted molar refractivity (Wildman–Crippen MR) is 115 cm³/mol. The van der Waals surface area contributed by atoms with Gasteiger partial charge in [-0.1, -0.05) is 12.1 Å². The van der Waals surface area contributed by atoms with Gasteiger partial charge in [0.25, 0.3) is 5.69 Å². The summed E-state index contributed by atoms with van der Waals surface area (Å²) < 4.78 is 5.00. The lowest BCUT2D eigenvalue weighted by molar-refractivity contribution is -0.385. The molecule has 0 amide bonds. The number of nitro benzene ring substituents is 1. The fourth-order valence-electron chi connectivity index (χ4n) is 2.57. The first kappa shape index (κ1) is 22.4. The molecular formula is C22H22N2O6. The van der Waals surface area contributed by atoms with E-state index in [0.717, 1.165) is 6.08 Å². The lowest BCUT2D eigenvalue weighted by atomic mass is 10.1.